The number of carbonyl (C=O) groups excluding carboxylic acids is 1. The van der Waals surface area contributed by atoms with Crippen molar-refractivity contribution in [1.82, 2.24) is 15.1 Å². The van der Waals surface area contributed by atoms with Crippen LogP contribution in [0.15, 0.2) is 107 Å². The van der Waals surface area contributed by atoms with E-state index >= 15 is 0 Å². The van der Waals surface area contributed by atoms with Gasteiger partial charge in [-0.05, 0) is 43.9 Å². The second-order valence-electron chi connectivity index (χ2n) is 11.7. The van der Waals surface area contributed by atoms with Crippen molar-refractivity contribution in [1.29, 1.82) is 0 Å². The van der Waals surface area contributed by atoms with Crippen LogP contribution in [0.2, 0.25) is 0 Å². The van der Waals surface area contributed by atoms with Crippen molar-refractivity contribution in [2.75, 3.05) is 29.0 Å². The number of rotatable bonds is 12. The van der Waals surface area contributed by atoms with E-state index in [0.717, 1.165) is 16.7 Å². The average molecular weight is 607 g/mol. The van der Waals surface area contributed by atoms with E-state index in [1.807, 2.05) is 61.6 Å². The summed E-state index contributed by atoms with van der Waals surface area (Å²) in [5, 5.41) is 17.2. The molecule has 0 saturated carbocycles. The number of hydrogen-bond acceptors (Lipinski definition) is 8. The number of alkyl carbamates (subject to hydrolysis) is 1. The van der Waals surface area contributed by atoms with Crippen LogP contribution in [0.1, 0.15) is 43.9 Å². The van der Waals surface area contributed by atoms with E-state index in [1.54, 1.807) is 31.6 Å². The summed E-state index contributed by atoms with van der Waals surface area (Å²) in [7, 11) is 1.82. The highest BCUT2D eigenvalue weighted by Gasteiger charge is 2.38. The highest BCUT2D eigenvalue weighted by molar-refractivity contribution is 5.83. The molecule has 10 nitrogen and oxygen atoms in total. The summed E-state index contributed by atoms with van der Waals surface area (Å²) in [5.41, 5.74) is 1.30. The zero-order chi connectivity index (χ0) is 32.0. The molecule has 0 radical (unpaired) electrons. The summed E-state index contributed by atoms with van der Waals surface area (Å²) in [5.74, 6) is 0.618. The number of nitrogens with one attached hydrogen (secondary N) is 4. The van der Waals surface area contributed by atoms with Gasteiger partial charge in [0.2, 0.25) is 0 Å². The monoisotopic (exact) mass is 606 g/mol. The third-order valence-corrected chi connectivity index (χ3v) is 7.36. The Hall–Kier alpha value is -5.38. The SMILES string of the molecule is Cn1ncc(Nc2c(NCCCNC(=O)OC(C)(C)C)c(=O)c2=O)c1NC(c1ccccc1)(c1ccccc1)c1ccccc1. The van der Waals surface area contributed by atoms with Crippen LogP contribution in [0.25, 0.3) is 0 Å². The van der Waals surface area contributed by atoms with Gasteiger partial charge in [-0.3, -0.25) is 14.3 Å². The lowest BCUT2D eigenvalue weighted by atomic mass is 9.77. The maximum atomic E-state index is 12.7. The van der Waals surface area contributed by atoms with E-state index in [4.69, 9.17) is 4.74 Å². The molecule has 0 unspecified atom stereocenters. The third kappa shape index (κ3) is 6.75. The Morgan fingerprint density at radius 3 is 1.80 bits per heavy atom. The number of carbonyl (C=O) groups is 1. The molecule has 0 atom stereocenters. The lowest BCUT2D eigenvalue weighted by molar-refractivity contribution is 0.0527. The second kappa shape index (κ2) is 13.1. The average Bonchev–Trinajstić information content (AvgIpc) is 3.38. The largest absolute Gasteiger partial charge is 0.444 e. The summed E-state index contributed by atoms with van der Waals surface area (Å²) in [6.07, 6.45) is 1.64. The van der Waals surface area contributed by atoms with E-state index < -0.39 is 28.1 Å². The van der Waals surface area contributed by atoms with Crippen molar-refractivity contribution in [3.63, 3.8) is 0 Å². The molecular formula is C35H38N6O4. The number of nitrogens with zero attached hydrogens (tertiary/aromatic N) is 2. The Bertz CT molecular complexity index is 1710. The van der Waals surface area contributed by atoms with Crippen molar-refractivity contribution in [3.05, 3.63) is 134 Å². The molecule has 0 spiro atoms. The Balaban J connectivity index is 1.41. The fourth-order valence-electron chi connectivity index (χ4n) is 5.26. The van der Waals surface area contributed by atoms with Gasteiger partial charge in [-0.2, -0.15) is 5.10 Å². The van der Waals surface area contributed by atoms with E-state index in [-0.39, 0.29) is 11.4 Å². The number of aryl methyl sites for hydroxylation is 1. The van der Waals surface area contributed by atoms with Gasteiger partial charge in [-0.1, -0.05) is 91.0 Å². The highest BCUT2D eigenvalue weighted by atomic mass is 16.6. The Kier molecular flexibility index (Phi) is 9.03. The molecule has 45 heavy (non-hydrogen) atoms. The van der Waals surface area contributed by atoms with Crippen molar-refractivity contribution in [2.24, 2.45) is 7.05 Å². The van der Waals surface area contributed by atoms with E-state index in [9.17, 15) is 14.4 Å². The van der Waals surface area contributed by atoms with Gasteiger partial charge >= 0.3 is 6.09 Å². The lowest BCUT2D eigenvalue weighted by Crippen LogP contribution is -2.39. The summed E-state index contributed by atoms with van der Waals surface area (Å²) in [4.78, 5) is 37.1. The highest BCUT2D eigenvalue weighted by Crippen LogP contribution is 2.42. The van der Waals surface area contributed by atoms with Gasteiger partial charge in [-0.25, -0.2) is 4.79 Å². The number of aromatic nitrogens is 2. The lowest BCUT2D eigenvalue weighted by Gasteiger charge is -2.38. The molecule has 0 saturated heterocycles. The van der Waals surface area contributed by atoms with Gasteiger partial charge in [0, 0.05) is 20.1 Å². The smallest absolute Gasteiger partial charge is 0.407 e. The molecule has 5 aromatic rings. The van der Waals surface area contributed by atoms with Crippen LogP contribution in [0.4, 0.5) is 27.7 Å². The third-order valence-electron chi connectivity index (χ3n) is 7.36. The minimum Gasteiger partial charge on any atom is -0.444 e. The minimum absolute atomic E-state index is 0.167. The van der Waals surface area contributed by atoms with Crippen molar-refractivity contribution < 1.29 is 9.53 Å². The van der Waals surface area contributed by atoms with Gasteiger partial charge in [-0.15, -0.1) is 0 Å². The number of ether oxygens (including phenoxy) is 1. The zero-order valence-corrected chi connectivity index (χ0v) is 25.9. The summed E-state index contributed by atoms with van der Waals surface area (Å²) >= 11 is 0. The molecule has 0 aliphatic rings. The molecule has 1 aromatic heterocycles. The van der Waals surface area contributed by atoms with Crippen molar-refractivity contribution in [2.45, 2.75) is 38.3 Å². The molecule has 0 bridgehead atoms. The molecule has 1 heterocycles. The Morgan fingerprint density at radius 2 is 1.29 bits per heavy atom. The van der Waals surface area contributed by atoms with E-state index in [0.29, 0.717) is 31.0 Å². The molecular weight excluding hydrogens is 568 g/mol. The molecule has 4 N–H and O–H groups in total. The summed E-state index contributed by atoms with van der Waals surface area (Å²) < 4.78 is 6.94. The maximum absolute atomic E-state index is 12.7. The van der Waals surface area contributed by atoms with Gasteiger partial charge in [0.15, 0.2) is 0 Å². The van der Waals surface area contributed by atoms with Gasteiger partial charge in [0.05, 0.1) is 6.20 Å². The molecule has 4 aromatic carbocycles. The summed E-state index contributed by atoms with van der Waals surface area (Å²) in [6.45, 7) is 6.09. The normalized spacial score (nSPS) is 11.6. The molecule has 10 heteroatoms. The zero-order valence-electron chi connectivity index (χ0n) is 25.9. The van der Waals surface area contributed by atoms with Crippen LogP contribution in [0.3, 0.4) is 0 Å². The molecule has 0 aliphatic heterocycles. The standard InChI is InChI=1S/C35H38N6O4/c1-34(2,3)45-33(44)37-22-14-21-36-28-29(31(43)30(28)42)39-27-23-38-41(4)32(27)40-35(24-15-8-5-9-16-24,25-17-10-6-11-18-25)26-19-12-7-13-20-26/h5-13,15-20,23,36,39-40H,14,21-22H2,1-4H3,(H,37,44). The van der Waals surface area contributed by atoms with Crippen molar-refractivity contribution in [3.8, 4) is 0 Å². The second-order valence-corrected chi connectivity index (χ2v) is 11.7. The quantitative estimate of drug-likeness (QED) is 0.0835. The van der Waals surface area contributed by atoms with Gasteiger partial charge in [0.25, 0.3) is 10.9 Å². The molecule has 0 aliphatic carbocycles. The van der Waals surface area contributed by atoms with Crippen LogP contribution >= 0.6 is 0 Å². The maximum Gasteiger partial charge on any atom is 0.407 e. The Labute approximate surface area is 262 Å². The summed E-state index contributed by atoms with van der Waals surface area (Å²) in [6, 6.07) is 30.4. The number of hydrogen-bond donors (Lipinski definition) is 4. The fraction of sp³-hybridized carbons (Fsp3) is 0.257. The molecule has 232 valence electrons. The molecule has 1 amide bonds. The number of benzene rings is 3. The first-order valence-corrected chi connectivity index (χ1v) is 14.9. The first-order chi connectivity index (χ1) is 21.6. The number of anilines is 4. The van der Waals surface area contributed by atoms with Crippen molar-refractivity contribution >= 4 is 29.0 Å². The first kappa shape index (κ1) is 31.1. The van der Waals surface area contributed by atoms with Crippen LogP contribution in [0, 0.1) is 0 Å². The van der Waals surface area contributed by atoms with Crippen LogP contribution in [0.5, 0.6) is 0 Å². The Morgan fingerprint density at radius 1 is 0.778 bits per heavy atom. The van der Waals surface area contributed by atoms with Crippen LogP contribution in [-0.4, -0.2) is 34.6 Å². The number of amides is 1. The van der Waals surface area contributed by atoms with Gasteiger partial charge < -0.3 is 26.0 Å². The van der Waals surface area contributed by atoms with Crippen LogP contribution in [-0.2, 0) is 17.3 Å². The molecule has 5 rings (SSSR count). The fourth-order valence-corrected chi connectivity index (χ4v) is 5.26. The minimum atomic E-state index is -0.829. The van der Waals surface area contributed by atoms with Crippen LogP contribution < -0.4 is 32.1 Å². The van der Waals surface area contributed by atoms with E-state index in [1.165, 1.54) is 0 Å². The first-order valence-electron chi connectivity index (χ1n) is 14.9. The predicted octanol–water partition coefficient (Wildman–Crippen LogP) is 5.49. The van der Waals surface area contributed by atoms with Gasteiger partial charge in [0.1, 0.15) is 34.0 Å². The topological polar surface area (TPSA) is 126 Å². The van der Waals surface area contributed by atoms with E-state index in [2.05, 4.69) is 62.8 Å². The predicted molar refractivity (Wildman–Crippen MR) is 178 cm³/mol. The molecule has 0 fully saturated rings.